The molecule has 2 N–H and O–H groups in total. The van der Waals surface area contributed by atoms with Gasteiger partial charge in [0.05, 0.1) is 11.0 Å². The third-order valence-electron chi connectivity index (χ3n) is 2.24. The van der Waals surface area contributed by atoms with Gasteiger partial charge in [0.2, 0.25) is 5.82 Å². The van der Waals surface area contributed by atoms with Gasteiger partial charge in [-0.1, -0.05) is 13.8 Å². The van der Waals surface area contributed by atoms with Crippen molar-refractivity contribution in [1.82, 2.24) is 9.78 Å². The molecule has 0 bridgehead atoms. The van der Waals surface area contributed by atoms with Gasteiger partial charge in [-0.05, 0) is 19.3 Å². The van der Waals surface area contributed by atoms with E-state index in [9.17, 15) is 10.1 Å². The van der Waals surface area contributed by atoms with Crippen LogP contribution in [0.5, 0.6) is 0 Å². The molecule has 0 saturated carbocycles. The average Bonchev–Trinajstić information content (AvgIpc) is 2.45. The molecule has 0 aromatic carbocycles. The van der Waals surface area contributed by atoms with Crippen LogP contribution >= 0.6 is 0 Å². The number of anilines is 1. The second kappa shape index (κ2) is 4.29. The van der Waals surface area contributed by atoms with Gasteiger partial charge < -0.3 is 5.73 Å². The summed E-state index contributed by atoms with van der Waals surface area (Å²) >= 11 is 0. The van der Waals surface area contributed by atoms with E-state index < -0.39 is 4.92 Å². The molecular weight excluding hydrogens is 196 g/mol. The van der Waals surface area contributed by atoms with Gasteiger partial charge in [-0.15, -0.1) is 0 Å². The predicted octanol–water partition coefficient (Wildman–Crippen LogP) is 1.98. The standard InChI is InChI=1S/C9H16N4O2/c1-6(2)4-7(3)12-9(10)8(5-11-12)13(14)15/h5-7H,4,10H2,1-3H3. The molecule has 15 heavy (non-hydrogen) atoms. The molecule has 1 aromatic heterocycles. The van der Waals surface area contributed by atoms with Crippen molar-refractivity contribution in [1.29, 1.82) is 0 Å². The van der Waals surface area contributed by atoms with Crippen LogP contribution in [-0.2, 0) is 0 Å². The number of aromatic nitrogens is 2. The quantitative estimate of drug-likeness (QED) is 0.610. The Balaban J connectivity index is 2.91. The summed E-state index contributed by atoms with van der Waals surface area (Å²) in [7, 11) is 0. The van der Waals surface area contributed by atoms with Crippen LogP contribution in [0.15, 0.2) is 6.20 Å². The van der Waals surface area contributed by atoms with Crippen LogP contribution in [0.2, 0.25) is 0 Å². The zero-order valence-corrected chi connectivity index (χ0v) is 9.17. The molecule has 0 saturated heterocycles. The van der Waals surface area contributed by atoms with Gasteiger partial charge in [0, 0.05) is 0 Å². The predicted molar refractivity (Wildman–Crippen MR) is 57.5 cm³/mol. The average molecular weight is 212 g/mol. The Morgan fingerprint density at radius 2 is 2.20 bits per heavy atom. The van der Waals surface area contributed by atoms with Gasteiger partial charge in [0.1, 0.15) is 6.20 Å². The fourth-order valence-electron chi connectivity index (χ4n) is 1.64. The zero-order chi connectivity index (χ0) is 11.6. The van der Waals surface area contributed by atoms with Crippen molar-refractivity contribution in [2.24, 2.45) is 5.92 Å². The Morgan fingerprint density at radius 1 is 1.60 bits per heavy atom. The fraction of sp³-hybridized carbons (Fsp3) is 0.667. The van der Waals surface area contributed by atoms with Gasteiger partial charge in [0.25, 0.3) is 0 Å². The largest absolute Gasteiger partial charge is 0.378 e. The number of nitrogens with two attached hydrogens (primary N) is 1. The Labute approximate surface area is 88.2 Å². The highest BCUT2D eigenvalue weighted by molar-refractivity contribution is 5.51. The van der Waals surface area contributed by atoms with Gasteiger partial charge in [-0.2, -0.15) is 5.10 Å². The minimum atomic E-state index is -0.513. The van der Waals surface area contributed by atoms with Crippen molar-refractivity contribution in [3.8, 4) is 0 Å². The number of nitro groups is 1. The van der Waals surface area contributed by atoms with Crippen molar-refractivity contribution in [2.45, 2.75) is 33.2 Å². The topological polar surface area (TPSA) is 87.0 Å². The van der Waals surface area contributed by atoms with Crippen LogP contribution in [-0.4, -0.2) is 14.7 Å². The van der Waals surface area contributed by atoms with E-state index in [-0.39, 0.29) is 17.5 Å². The molecule has 6 heteroatoms. The summed E-state index contributed by atoms with van der Waals surface area (Å²) in [6.45, 7) is 6.13. The Bertz CT molecular complexity index is 359. The van der Waals surface area contributed by atoms with E-state index in [1.807, 2.05) is 6.92 Å². The summed E-state index contributed by atoms with van der Waals surface area (Å²) in [5.41, 5.74) is 5.52. The number of nitrogen functional groups attached to an aromatic ring is 1. The van der Waals surface area contributed by atoms with E-state index in [0.29, 0.717) is 5.92 Å². The maximum Gasteiger partial charge on any atom is 0.330 e. The van der Waals surface area contributed by atoms with E-state index in [1.165, 1.54) is 10.9 Å². The van der Waals surface area contributed by atoms with Crippen LogP contribution in [0.25, 0.3) is 0 Å². The highest BCUT2D eigenvalue weighted by Crippen LogP contribution is 2.26. The van der Waals surface area contributed by atoms with Crippen LogP contribution in [0.3, 0.4) is 0 Å². The van der Waals surface area contributed by atoms with Crippen LogP contribution < -0.4 is 5.73 Å². The monoisotopic (exact) mass is 212 g/mol. The van der Waals surface area contributed by atoms with E-state index in [0.717, 1.165) is 6.42 Å². The summed E-state index contributed by atoms with van der Waals surface area (Å²) in [6.07, 6.45) is 2.09. The molecule has 0 aliphatic carbocycles. The molecule has 1 heterocycles. The highest BCUT2D eigenvalue weighted by Gasteiger charge is 2.20. The van der Waals surface area contributed by atoms with Gasteiger partial charge in [-0.25, -0.2) is 4.68 Å². The van der Waals surface area contributed by atoms with Gasteiger partial charge in [0.15, 0.2) is 0 Å². The Kier molecular flexibility index (Phi) is 3.28. The van der Waals surface area contributed by atoms with E-state index in [4.69, 9.17) is 5.73 Å². The number of nitrogens with zero attached hydrogens (tertiary/aromatic N) is 3. The van der Waals surface area contributed by atoms with Crippen LogP contribution in [0.1, 0.15) is 33.2 Å². The summed E-state index contributed by atoms with van der Waals surface area (Å²) < 4.78 is 1.51. The molecular formula is C9H16N4O2. The summed E-state index contributed by atoms with van der Waals surface area (Å²) in [4.78, 5) is 10.0. The third-order valence-corrected chi connectivity index (χ3v) is 2.24. The second-order valence-corrected chi connectivity index (χ2v) is 4.10. The molecule has 1 unspecified atom stereocenters. The van der Waals surface area contributed by atoms with E-state index in [1.54, 1.807) is 0 Å². The first-order chi connectivity index (χ1) is 6.93. The summed E-state index contributed by atoms with van der Waals surface area (Å²) in [5.74, 6) is 0.635. The molecule has 0 aliphatic rings. The van der Waals surface area contributed by atoms with Crippen molar-refractivity contribution >= 4 is 11.5 Å². The molecule has 0 aliphatic heterocycles. The molecule has 1 aromatic rings. The maximum absolute atomic E-state index is 10.6. The number of rotatable bonds is 4. The minimum absolute atomic E-state index is 0.0821. The lowest BCUT2D eigenvalue weighted by Crippen LogP contribution is -2.12. The van der Waals surface area contributed by atoms with Crippen molar-refractivity contribution < 1.29 is 4.92 Å². The third kappa shape index (κ3) is 2.45. The van der Waals surface area contributed by atoms with Crippen molar-refractivity contribution in [3.05, 3.63) is 16.3 Å². The molecule has 0 radical (unpaired) electrons. The fourth-order valence-corrected chi connectivity index (χ4v) is 1.64. The Morgan fingerprint density at radius 3 is 2.60 bits per heavy atom. The number of hydrogen-bond acceptors (Lipinski definition) is 4. The first kappa shape index (κ1) is 11.5. The van der Waals surface area contributed by atoms with Crippen LogP contribution in [0, 0.1) is 16.0 Å². The summed E-state index contributed by atoms with van der Waals surface area (Å²) in [6, 6.07) is 0.0821. The molecule has 0 fully saturated rings. The Hall–Kier alpha value is -1.59. The molecule has 1 rings (SSSR count). The first-order valence-electron chi connectivity index (χ1n) is 4.90. The van der Waals surface area contributed by atoms with Crippen molar-refractivity contribution in [3.63, 3.8) is 0 Å². The maximum atomic E-state index is 10.6. The van der Waals surface area contributed by atoms with Gasteiger partial charge in [-0.3, -0.25) is 10.1 Å². The van der Waals surface area contributed by atoms with Gasteiger partial charge >= 0.3 is 5.69 Å². The molecule has 6 nitrogen and oxygen atoms in total. The minimum Gasteiger partial charge on any atom is -0.378 e. The second-order valence-electron chi connectivity index (χ2n) is 4.10. The summed E-state index contributed by atoms with van der Waals surface area (Å²) in [5, 5.41) is 14.5. The lowest BCUT2D eigenvalue weighted by Gasteiger charge is -2.15. The molecule has 84 valence electrons. The van der Waals surface area contributed by atoms with Crippen LogP contribution in [0.4, 0.5) is 11.5 Å². The molecule has 0 spiro atoms. The number of hydrogen-bond donors (Lipinski definition) is 1. The zero-order valence-electron chi connectivity index (χ0n) is 9.17. The normalized spacial score (nSPS) is 13.1. The van der Waals surface area contributed by atoms with E-state index >= 15 is 0 Å². The smallest absolute Gasteiger partial charge is 0.330 e. The SMILES string of the molecule is CC(C)CC(C)n1ncc([N+](=O)[O-])c1N. The highest BCUT2D eigenvalue weighted by atomic mass is 16.6. The first-order valence-corrected chi connectivity index (χ1v) is 4.90. The lowest BCUT2D eigenvalue weighted by atomic mass is 10.1. The molecule has 0 amide bonds. The van der Waals surface area contributed by atoms with E-state index in [2.05, 4.69) is 18.9 Å². The van der Waals surface area contributed by atoms with Crippen molar-refractivity contribution in [2.75, 3.05) is 5.73 Å². The molecule has 1 atom stereocenters. The lowest BCUT2D eigenvalue weighted by molar-refractivity contribution is -0.384.